The highest BCUT2D eigenvalue weighted by molar-refractivity contribution is 5.73. The van der Waals surface area contributed by atoms with E-state index in [1.54, 1.807) is 0 Å². The first kappa shape index (κ1) is 14.7. The largest absolute Gasteiger partial charge is 0.480 e. The van der Waals surface area contributed by atoms with Gasteiger partial charge < -0.3 is 25.7 Å². The van der Waals surface area contributed by atoms with E-state index in [9.17, 15) is 4.79 Å². The Balaban J connectivity index is 0.000000281. The number of rotatable bonds is 3. The molecule has 0 saturated heterocycles. The summed E-state index contributed by atoms with van der Waals surface area (Å²) in [5.41, 5.74) is 4.91. The van der Waals surface area contributed by atoms with Gasteiger partial charge in [0.2, 0.25) is 0 Å². The number of hydrogen-bond acceptors (Lipinski definition) is 5. The first-order chi connectivity index (χ1) is 7.38. The monoisotopic (exact) mass is 231 g/mol. The van der Waals surface area contributed by atoms with Gasteiger partial charge in [0.05, 0.1) is 12.8 Å². The number of aliphatic hydroxyl groups excluding tert-OH is 1. The number of nitrogens with zero attached hydrogens (tertiary/aromatic N) is 2. The molecule has 1 heterocycles. The third kappa shape index (κ3) is 5.57. The SMILES string of the molecule is CC(O)C(N)C(=O)O.CCN1C=CN(C)C1. The molecule has 0 fully saturated rings. The molecule has 2 unspecified atom stereocenters. The van der Waals surface area contributed by atoms with Crippen LogP contribution in [0.15, 0.2) is 12.4 Å². The van der Waals surface area contributed by atoms with E-state index in [-0.39, 0.29) is 0 Å². The van der Waals surface area contributed by atoms with Gasteiger partial charge in [-0.05, 0) is 13.8 Å². The molecule has 6 nitrogen and oxygen atoms in total. The molecule has 1 rings (SSSR count). The van der Waals surface area contributed by atoms with Gasteiger partial charge in [0.15, 0.2) is 0 Å². The summed E-state index contributed by atoms with van der Waals surface area (Å²) in [6.45, 7) is 5.65. The van der Waals surface area contributed by atoms with Crippen molar-refractivity contribution in [2.75, 3.05) is 20.3 Å². The molecule has 0 aromatic carbocycles. The van der Waals surface area contributed by atoms with Crippen LogP contribution < -0.4 is 5.73 Å². The summed E-state index contributed by atoms with van der Waals surface area (Å²) in [6, 6.07) is -1.16. The summed E-state index contributed by atoms with van der Waals surface area (Å²) in [5.74, 6) is -1.18. The highest BCUT2D eigenvalue weighted by Crippen LogP contribution is 2.00. The van der Waals surface area contributed by atoms with Crippen LogP contribution in [0.4, 0.5) is 0 Å². The Hall–Kier alpha value is -1.27. The molecule has 0 radical (unpaired) electrons. The molecule has 0 bridgehead atoms. The lowest BCUT2D eigenvalue weighted by Gasteiger charge is -2.14. The van der Waals surface area contributed by atoms with Crippen molar-refractivity contribution in [3.63, 3.8) is 0 Å². The number of hydrogen-bond donors (Lipinski definition) is 3. The van der Waals surface area contributed by atoms with Gasteiger partial charge in [0.1, 0.15) is 6.04 Å². The van der Waals surface area contributed by atoms with E-state index in [0.717, 1.165) is 13.2 Å². The maximum absolute atomic E-state index is 9.86. The Morgan fingerprint density at radius 2 is 2.12 bits per heavy atom. The van der Waals surface area contributed by atoms with Crippen molar-refractivity contribution >= 4 is 5.97 Å². The fourth-order valence-electron chi connectivity index (χ4n) is 1.00. The lowest BCUT2D eigenvalue weighted by Crippen LogP contribution is -2.39. The third-order valence-corrected chi connectivity index (χ3v) is 2.15. The van der Waals surface area contributed by atoms with Crippen LogP contribution in [0.1, 0.15) is 13.8 Å². The molecule has 4 N–H and O–H groups in total. The topological polar surface area (TPSA) is 90.0 Å². The van der Waals surface area contributed by atoms with Crippen LogP contribution in [-0.4, -0.2) is 58.4 Å². The number of nitrogens with two attached hydrogens (primary N) is 1. The molecule has 0 aromatic rings. The molecule has 0 aromatic heterocycles. The van der Waals surface area contributed by atoms with Crippen LogP contribution in [0.2, 0.25) is 0 Å². The summed E-state index contributed by atoms with van der Waals surface area (Å²) in [5, 5.41) is 16.6. The van der Waals surface area contributed by atoms with E-state index < -0.39 is 18.1 Å². The first-order valence-electron chi connectivity index (χ1n) is 5.17. The Morgan fingerprint density at radius 3 is 2.25 bits per heavy atom. The van der Waals surface area contributed by atoms with Crippen LogP contribution in [0.5, 0.6) is 0 Å². The first-order valence-corrected chi connectivity index (χ1v) is 5.17. The number of aliphatic carboxylic acids is 1. The minimum Gasteiger partial charge on any atom is -0.480 e. The van der Waals surface area contributed by atoms with E-state index in [4.69, 9.17) is 15.9 Å². The summed E-state index contributed by atoms with van der Waals surface area (Å²) >= 11 is 0. The van der Waals surface area contributed by atoms with Crippen LogP contribution in [0.3, 0.4) is 0 Å². The Kier molecular flexibility index (Phi) is 6.52. The van der Waals surface area contributed by atoms with Gasteiger partial charge in [0, 0.05) is 26.0 Å². The Bertz CT molecular complexity index is 243. The van der Waals surface area contributed by atoms with Gasteiger partial charge >= 0.3 is 5.97 Å². The van der Waals surface area contributed by atoms with Gasteiger partial charge in [0.25, 0.3) is 0 Å². The predicted molar refractivity (Wildman–Crippen MR) is 61.4 cm³/mol. The molecular weight excluding hydrogens is 210 g/mol. The molecule has 2 atom stereocenters. The van der Waals surface area contributed by atoms with Gasteiger partial charge in [-0.25, -0.2) is 0 Å². The average molecular weight is 231 g/mol. The van der Waals surface area contributed by atoms with Crippen molar-refractivity contribution in [2.24, 2.45) is 5.73 Å². The van der Waals surface area contributed by atoms with Crippen molar-refractivity contribution in [1.82, 2.24) is 9.80 Å². The summed E-state index contributed by atoms with van der Waals surface area (Å²) in [7, 11) is 2.08. The lowest BCUT2D eigenvalue weighted by atomic mass is 10.2. The normalized spacial score (nSPS) is 17.8. The van der Waals surface area contributed by atoms with Crippen LogP contribution in [0.25, 0.3) is 0 Å². The van der Waals surface area contributed by atoms with E-state index >= 15 is 0 Å². The summed E-state index contributed by atoms with van der Waals surface area (Å²) < 4.78 is 0. The number of carboxylic acids is 1. The van der Waals surface area contributed by atoms with Crippen LogP contribution >= 0.6 is 0 Å². The van der Waals surface area contributed by atoms with E-state index in [0.29, 0.717) is 0 Å². The smallest absolute Gasteiger partial charge is 0.323 e. The van der Waals surface area contributed by atoms with Gasteiger partial charge in [-0.3, -0.25) is 4.79 Å². The minimum atomic E-state index is -1.18. The molecule has 0 spiro atoms. The van der Waals surface area contributed by atoms with E-state index in [1.807, 2.05) is 0 Å². The fourth-order valence-corrected chi connectivity index (χ4v) is 1.00. The molecule has 0 amide bonds. The second-order valence-electron chi connectivity index (χ2n) is 3.71. The summed E-state index contributed by atoms with van der Waals surface area (Å²) in [6.07, 6.45) is 3.22. The van der Waals surface area contributed by atoms with Crippen LogP contribution in [-0.2, 0) is 4.79 Å². The highest BCUT2D eigenvalue weighted by Gasteiger charge is 2.16. The quantitative estimate of drug-likeness (QED) is 0.604. The van der Waals surface area contributed by atoms with Gasteiger partial charge in [-0.2, -0.15) is 0 Å². The molecule has 6 heteroatoms. The molecule has 0 saturated carbocycles. The average Bonchev–Trinajstić information content (AvgIpc) is 2.63. The number of aliphatic hydroxyl groups is 1. The molecule has 0 aliphatic carbocycles. The predicted octanol–water partition coefficient (Wildman–Crippen LogP) is -0.538. The molecule has 94 valence electrons. The van der Waals surface area contributed by atoms with Gasteiger partial charge in [-0.15, -0.1) is 0 Å². The van der Waals surface area contributed by atoms with Crippen LogP contribution in [0, 0.1) is 0 Å². The Labute approximate surface area is 95.9 Å². The number of carbonyl (C=O) groups is 1. The van der Waals surface area contributed by atoms with E-state index in [2.05, 4.69) is 36.2 Å². The number of carboxylic acid groups (broad SMARTS) is 1. The zero-order chi connectivity index (χ0) is 12.7. The zero-order valence-electron chi connectivity index (χ0n) is 10.00. The van der Waals surface area contributed by atoms with Crippen molar-refractivity contribution in [3.8, 4) is 0 Å². The standard InChI is InChI=1S/C6H12N2.C4H9NO3/c1-3-8-5-4-7(2)6-8;1-2(6)3(5)4(7)8/h4-5H,3,6H2,1-2H3;2-3,6H,5H2,1H3,(H,7,8). The summed E-state index contributed by atoms with van der Waals surface area (Å²) in [4.78, 5) is 14.3. The van der Waals surface area contributed by atoms with Crippen molar-refractivity contribution in [3.05, 3.63) is 12.4 Å². The maximum Gasteiger partial charge on any atom is 0.323 e. The second kappa shape index (κ2) is 7.08. The lowest BCUT2D eigenvalue weighted by molar-refractivity contribution is -0.140. The molecule has 1 aliphatic rings. The maximum atomic E-state index is 9.86. The van der Waals surface area contributed by atoms with Crippen molar-refractivity contribution in [2.45, 2.75) is 26.0 Å². The minimum absolute atomic E-state index is 0.979. The highest BCUT2D eigenvalue weighted by atomic mass is 16.4. The second-order valence-corrected chi connectivity index (χ2v) is 3.71. The van der Waals surface area contributed by atoms with E-state index in [1.165, 1.54) is 6.92 Å². The van der Waals surface area contributed by atoms with Crippen molar-refractivity contribution in [1.29, 1.82) is 0 Å². The Morgan fingerprint density at radius 1 is 1.56 bits per heavy atom. The zero-order valence-corrected chi connectivity index (χ0v) is 10.00. The van der Waals surface area contributed by atoms with Gasteiger partial charge in [-0.1, -0.05) is 0 Å². The third-order valence-electron chi connectivity index (χ3n) is 2.15. The molecular formula is C10H21N3O3. The fraction of sp³-hybridized carbons (Fsp3) is 0.700. The van der Waals surface area contributed by atoms with Crippen molar-refractivity contribution < 1.29 is 15.0 Å². The molecule has 16 heavy (non-hydrogen) atoms. The molecule has 1 aliphatic heterocycles.